The van der Waals surface area contributed by atoms with Crippen LogP contribution in [0.2, 0.25) is 0 Å². The van der Waals surface area contributed by atoms with E-state index in [9.17, 15) is 13.2 Å². The highest BCUT2D eigenvalue weighted by atomic mass is 19.4. The van der Waals surface area contributed by atoms with Crippen molar-refractivity contribution in [3.63, 3.8) is 0 Å². The highest BCUT2D eigenvalue weighted by Gasteiger charge is 2.28. The molecule has 0 aromatic carbocycles. The molecular weight excluding hydrogens is 283 g/mol. The maximum atomic E-state index is 12.0. The van der Waals surface area contributed by atoms with Gasteiger partial charge in [-0.3, -0.25) is 4.90 Å². The Balaban J connectivity index is 1.83. The molecule has 1 N–H and O–H groups in total. The topological polar surface area (TPSA) is 37.4 Å². The number of halogens is 3. The molecule has 1 aromatic rings. The number of pyridine rings is 1. The maximum absolute atomic E-state index is 12.0. The highest BCUT2D eigenvalue weighted by molar-refractivity contribution is 5.43. The normalized spacial score (nSPS) is 20.0. The lowest BCUT2D eigenvalue weighted by molar-refractivity contribution is -0.154. The minimum absolute atomic E-state index is 0.0203. The van der Waals surface area contributed by atoms with Gasteiger partial charge in [0.25, 0.3) is 0 Å². The van der Waals surface area contributed by atoms with Crippen LogP contribution in [0.1, 0.15) is 20.3 Å². The monoisotopic (exact) mass is 303 g/mol. The van der Waals surface area contributed by atoms with Crippen molar-refractivity contribution in [2.24, 2.45) is 0 Å². The smallest absolute Gasteiger partial charge is 0.422 e. The van der Waals surface area contributed by atoms with E-state index in [-0.39, 0.29) is 5.88 Å². The average Bonchev–Trinajstić information content (AvgIpc) is 2.86. The highest BCUT2D eigenvalue weighted by Crippen LogP contribution is 2.20. The van der Waals surface area contributed by atoms with Crippen LogP contribution in [-0.4, -0.2) is 47.8 Å². The lowest BCUT2D eigenvalue weighted by Crippen LogP contribution is -2.31. The standard InChI is InChI=1S/C14H20F3N3O/c1-10(2)20-6-5-12(8-20)19-11-3-4-13(18-7-11)21-9-14(15,16)17/h3-4,7,10,12,19H,5-6,8-9H2,1-2H3. The Morgan fingerprint density at radius 2 is 2.19 bits per heavy atom. The molecule has 1 aromatic heterocycles. The zero-order valence-corrected chi connectivity index (χ0v) is 12.2. The maximum Gasteiger partial charge on any atom is 0.422 e. The van der Waals surface area contributed by atoms with Gasteiger partial charge in [0.05, 0.1) is 11.9 Å². The van der Waals surface area contributed by atoms with Gasteiger partial charge in [-0.15, -0.1) is 0 Å². The molecule has 1 fully saturated rings. The van der Waals surface area contributed by atoms with Gasteiger partial charge < -0.3 is 10.1 Å². The average molecular weight is 303 g/mol. The summed E-state index contributed by atoms with van der Waals surface area (Å²) in [5, 5.41) is 3.34. The number of likely N-dealkylation sites (tertiary alicyclic amines) is 1. The van der Waals surface area contributed by atoms with Crippen LogP contribution in [0.5, 0.6) is 5.88 Å². The molecule has 118 valence electrons. The number of ether oxygens (including phenoxy) is 1. The molecule has 2 rings (SSSR count). The number of nitrogens with zero attached hydrogens (tertiary/aromatic N) is 2. The Morgan fingerprint density at radius 3 is 2.71 bits per heavy atom. The lowest BCUT2D eigenvalue weighted by atomic mass is 10.2. The Morgan fingerprint density at radius 1 is 1.43 bits per heavy atom. The number of hydrogen-bond acceptors (Lipinski definition) is 4. The summed E-state index contributed by atoms with van der Waals surface area (Å²) in [7, 11) is 0. The third kappa shape index (κ3) is 5.08. The van der Waals surface area contributed by atoms with E-state index >= 15 is 0 Å². The Bertz CT molecular complexity index is 448. The summed E-state index contributed by atoms with van der Waals surface area (Å²) in [5.41, 5.74) is 0.796. The summed E-state index contributed by atoms with van der Waals surface area (Å²) < 4.78 is 40.6. The van der Waals surface area contributed by atoms with Gasteiger partial charge in [0.15, 0.2) is 6.61 Å². The predicted octanol–water partition coefficient (Wildman–Crippen LogP) is 2.92. The molecule has 0 saturated carbocycles. The Hall–Kier alpha value is -1.50. The molecular formula is C14H20F3N3O. The molecule has 0 aliphatic carbocycles. The van der Waals surface area contributed by atoms with Gasteiger partial charge in [-0.2, -0.15) is 13.2 Å². The molecule has 7 heteroatoms. The van der Waals surface area contributed by atoms with Crippen molar-refractivity contribution in [2.45, 2.75) is 38.5 Å². The minimum atomic E-state index is -4.34. The zero-order chi connectivity index (χ0) is 15.5. The number of alkyl halides is 3. The van der Waals surface area contributed by atoms with Crippen molar-refractivity contribution in [1.82, 2.24) is 9.88 Å². The number of rotatable bonds is 5. The van der Waals surface area contributed by atoms with Crippen molar-refractivity contribution in [3.05, 3.63) is 18.3 Å². The van der Waals surface area contributed by atoms with Crippen LogP contribution in [-0.2, 0) is 0 Å². The largest absolute Gasteiger partial charge is 0.468 e. The SMILES string of the molecule is CC(C)N1CCC(Nc2ccc(OCC(F)(F)F)nc2)C1. The molecule has 1 aliphatic rings. The van der Waals surface area contributed by atoms with E-state index in [1.165, 1.54) is 12.3 Å². The molecule has 1 atom stereocenters. The lowest BCUT2D eigenvalue weighted by Gasteiger charge is -2.20. The van der Waals surface area contributed by atoms with Crippen LogP contribution in [0.3, 0.4) is 0 Å². The van der Waals surface area contributed by atoms with Gasteiger partial charge in [-0.1, -0.05) is 0 Å². The summed E-state index contributed by atoms with van der Waals surface area (Å²) in [6.07, 6.45) is -1.79. The van der Waals surface area contributed by atoms with E-state index in [1.807, 2.05) is 0 Å². The molecule has 0 spiro atoms. The number of anilines is 1. The third-order valence-corrected chi connectivity index (χ3v) is 3.44. The van der Waals surface area contributed by atoms with Gasteiger partial charge in [-0.25, -0.2) is 4.98 Å². The van der Waals surface area contributed by atoms with Crippen molar-refractivity contribution >= 4 is 5.69 Å². The van der Waals surface area contributed by atoms with Gasteiger partial charge in [0.2, 0.25) is 5.88 Å². The van der Waals surface area contributed by atoms with Gasteiger partial charge in [-0.05, 0) is 26.3 Å². The second-order valence-electron chi connectivity index (χ2n) is 5.51. The van der Waals surface area contributed by atoms with Crippen molar-refractivity contribution in [3.8, 4) is 5.88 Å². The molecule has 1 saturated heterocycles. The fourth-order valence-electron chi connectivity index (χ4n) is 2.32. The van der Waals surface area contributed by atoms with Crippen LogP contribution >= 0.6 is 0 Å². The summed E-state index contributed by atoms with van der Waals surface area (Å²) in [4.78, 5) is 6.26. The van der Waals surface area contributed by atoms with Gasteiger partial charge in [0, 0.05) is 31.2 Å². The van der Waals surface area contributed by atoms with E-state index in [2.05, 4.69) is 33.8 Å². The third-order valence-electron chi connectivity index (χ3n) is 3.44. The molecule has 4 nitrogen and oxygen atoms in total. The second-order valence-corrected chi connectivity index (χ2v) is 5.51. The molecule has 2 heterocycles. The summed E-state index contributed by atoms with van der Waals surface area (Å²) >= 11 is 0. The van der Waals surface area contributed by atoms with Crippen LogP contribution in [0, 0.1) is 0 Å². The minimum Gasteiger partial charge on any atom is -0.468 e. The first-order valence-corrected chi connectivity index (χ1v) is 6.99. The number of aromatic nitrogens is 1. The molecule has 0 radical (unpaired) electrons. The van der Waals surface area contributed by atoms with E-state index < -0.39 is 12.8 Å². The van der Waals surface area contributed by atoms with Crippen LogP contribution in [0.25, 0.3) is 0 Å². The first-order valence-electron chi connectivity index (χ1n) is 6.99. The fourth-order valence-corrected chi connectivity index (χ4v) is 2.32. The van der Waals surface area contributed by atoms with E-state index in [0.717, 1.165) is 25.2 Å². The Kier molecular flexibility index (Phi) is 4.92. The molecule has 1 aliphatic heterocycles. The summed E-state index contributed by atoms with van der Waals surface area (Å²) in [6, 6.07) is 4.00. The van der Waals surface area contributed by atoms with E-state index in [1.54, 1.807) is 6.07 Å². The Labute approximate surface area is 122 Å². The molecule has 0 amide bonds. The first-order chi connectivity index (χ1) is 9.83. The quantitative estimate of drug-likeness (QED) is 0.907. The van der Waals surface area contributed by atoms with Gasteiger partial charge in [0.1, 0.15) is 0 Å². The summed E-state index contributed by atoms with van der Waals surface area (Å²) in [5.74, 6) is -0.0203. The van der Waals surface area contributed by atoms with Gasteiger partial charge >= 0.3 is 6.18 Å². The van der Waals surface area contributed by atoms with Crippen LogP contribution in [0.15, 0.2) is 18.3 Å². The van der Waals surface area contributed by atoms with Crippen molar-refractivity contribution in [2.75, 3.05) is 25.0 Å². The molecule has 0 bridgehead atoms. The fraction of sp³-hybridized carbons (Fsp3) is 0.643. The van der Waals surface area contributed by atoms with Crippen molar-refractivity contribution in [1.29, 1.82) is 0 Å². The number of hydrogen-bond donors (Lipinski definition) is 1. The van der Waals surface area contributed by atoms with E-state index in [0.29, 0.717) is 12.1 Å². The first kappa shape index (κ1) is 15.9. The van der Waals surface area contributed by atoms with E-state index in [4.69, 9.17) is 0 Å². The second kappa shape index (κ2) is 6.51. The zero-order valence-electron chi connectivity index (χ0n) is 12.2. The van der Waals surface area contributed by atoms with Crippen LogP contribution in [0.4, 0.5) is 18.9 Å². The van der Waals surface area contributed by atoms with Crippen LogP contribution < -0.4 is 10.1 Å². The number of nitrogens with one attached hydrogen (secondary N) is 1. The van der Waals surface area contributed by atoms with Crippen molar-refractivity contribution < 1.29 is 17.9 Å². The predicted molar refractivity (Wildman–Crippen MR) is 74.5 cm³/mol. The molecule has 1 unspecified atom stereocenters. The summed E-state index contributed by atoms with van der Waals surface area (Å²) in [6.45, 7) is 5.02. The molecule has 21 heavy (non-hydrogen) atoms.